The summed E-state index contributed by atoms with van der Waals surface area (Å²) >= 11 is 0. The molecule has 0 aromatic rings. The number of amides is 4. The van der Waals surface area contributed by atoms with Gasteiger partial charge in [0.05, 0.1) is 108 Å². The molecule has 7 fully saturated rings. The molecule has 0 bridgehead atoms. The molecule has 7 aliphatic heterocycles. The highest BCUT2D eigenvalue weighted by molar-refractivity contribution is 5.79. The quantitative estimate of drug-likeness (QED) is 0.0252. The van der Waals surface area contributed by atoms with Gasteiger partial charge < -0.3 is 220 Å². The van der Waals surface area contributed by atoms with E-state index < -0.39 is 369 Å². The Kier molecular flexibility index (Phi) is 54.1. The number of aliphatic hydroxyl groups is 22. The minimum atomic E-state index is -3.79. The number of hydrogen-bond acceptors (Lipinski definition) is 44. The predicted molar refractivity (Wildman–Crippen MR) is 493 cm³/mol. The van der Waals surface area contributed by atoms with E-state index in [-0.39, 0.29) is 12.8 Å². The standard InChI is InChI=1S/C94H164N4O47/c1-7-9-11-13-15-17-19-21-23-25-27-29-31-33-53(110)52(98-64(116)34-32-30-28-26-24-22-20-18-16-14-12-10-8-2)46-132-86-74(123)73(122)78(62(44-104)135-86)138-88-76(125)84(145-94(91(130)131)38-56(113)67(97-50(6)109)82(143-94)72(121)61(43-103)140-92(89(126)127)36-54(111)65(95-48(4)107)80(141-92)68(117)57(114)39-99)79(63(45-105)136-88)139-85-51(35-47(3)106)77(70(119)59(41-101)133-85)137-87-75(124)83(71(120)60(42-102)134-87)144-93(90(128)129)37-55(112)66(96-49(5)108)81(142-93)69(118)58(115)40-100/h51-63,65-88,99-105,110-115,117-125H,7-46H2,1-6H3,(H,95,107)(H,96,108)(H,97,109)(H,98,116)(H,126,127)(H,128,129)(H,130,131)/t51-,52+,53-,54+,55+,56+,57-,58-,59-,60-,61-,62-,63-,65-,66-,67-,68-,69-,70+,71+,72-,73-,74-,75-,76-,77-,78-,79+,80?,81?,82?,83+,84-,85+,86-,87+,88+,92-,93+,94+/m1/s1. The van der Waals surface area contributed by atoms with Crippen molar-refractivity contribution in [1.29, 1.82) is 0 Å². The first-order valence-electron chi connectivity index (χ1n) is 50.9. The summed E-state index contributed by atoms with van der Waals surface area (Å²) in [7, 11) is 0. The zero-order valence-corrected chi connectivity index (χ0v) is 83.3. The zero-order valence-electron chi connectivity index (χ0n) is 83.3. The van der Waals surface area contributed by atoms with Crippen LogP contribution in [0.4, 0.5) is 0 Å². The number of carboxylic acids is 3. The number of ketones is 1. The summed E-state index contributed by atoms with van der Waals surface area (Å²) < 4.78 is 84.9. The highest BCUT2D eigenvalue weighted by atomic mass is 16.8. The molecular formula is C94H164N4O47. The van der Waals surface area contributed by atoms with Crippen LogP contribution in [0.25, 0.3) is 0 Å². The molecule has 0 radical (unpaired) electrons. The number of aliphatic hydroxyl groups excluding tert-OH is 22. The van der Waals surface area contributed by atoms with Gasteiger partial charge in [0, 0.05) is 58.8 Å². The molecule has 7 aliphatic rings. The third-order valence-electron chi connectivity index (χ3n) is 27.7. The van der Waals surface area contributed by atoms with Crippen LogP contribution in [0.5, 0.6) is 0 Å². The molecule has 7 saturated heterocycles. The molecule has 51 nitrogen and oxygen atoms in total. The molecule has 0 spiro atoms. The number of carbonyl (C=O) groups excluding carboxylic acids is 5. The summed E-state index contributed by atoms with van der Waals surface area (Å²) in [5.41, 5.74) is 0. The second-order valence-corrected chi connectivity index (χ2v) is 39.2. The molecule has 842 valence electrons. The Morgan fingerprint density at radius 1 is 0.366 bits per heavy atom. The number of nitrogens with one attached hydrogen (secondary N) is 4. The fourth-order valence-electron chi connectivity index (χ4n) is 19.7. The average Bonchev–Trinajstić information content (AvgIpc) is 0.739. The van der Waals surface area contributed by atoms with Crippen LogP contribution in [0.2, 0.25) is 0 Å². The van der Waals surface area contributed by atoms with Crippen LogP contribution < -0.4 is 21.3 Å². The lowest BCUT2D eigenvalue weighted by atomic mass is 9.86. The fraction of sp³-hybridized carbons (Fsp3) is 0.915. The summed E-state index contributed by atoms with van der Waals surface area (Å²) in [4.78, 5) is 107. The zero-order chi connectivity index (χ0) is 107. The van der Waals surface area contributed by atoms with E-state index in [0.29, 0.717) is 12.8 Å². The fourth-order valence-corrected chi connectivity index (χ4v) is 19.7. The van der Waals surface area contributed by atoms with Crippen molar-refractivity contribution < 1.29 is 232 Å². The summed E-state index contributed by atoms with van der Waals surface area (Å²) in [6, 6.07) is -6.98. The second kappa shape index (κ2) is 62.0. The van der Waals surface area contributed by atoms with Gasteiger partial charge in [0.2, 0.25) is 23.6 Å². The van der Waals surface area contributed by atoms with Gasteiger partial charge >= 0.3 is 17.9 Å². The van der Waals surface area contributed by atoms with Crippen LogP contribution in [-0.4, -0.2) is 465 Å². The number of rotatable bonds is 66. The first-order valence-corrected chi connectivity index (χ1v) is 50.9. The molecule has 4 amide bonds. The maximum Gasteiger partial charge on any atom is 0.364 e. The molecule has 7 rings (SSSR count). The largest absolute Gasteiger partial charge is 0.477 e. The van der Waals surface area contributed by atoms with Gasteiger partial charge in [-0.15, -0.1) is 0 Å². The Morgan fingerprint density at radius 3 is 1.12 bits per heavy atom. The van der Waals surface area contributed by atoms with Crippen LogP contribution >= 0.6 is 0 Å². The lowest BCUT2D eigenvalue weighted by Gasteiger charge is -2.53. The number of unbranched alkanes of at least 4 members (excludes halogenated alkanes) is 24. The summed E-state index contributed by atoms with van der Waals surface area (Å²) in [5.74, 6) is -23.8. The van der Waals surface area contributed by atoms with Crippen molar-refractivity contribution in [3.05, 3.63) is 0 Å². The molecule has 0 aromatic carbocycles. The minimum absolute atomic E-state index is 0.0725. The third-order valence-corrected chi connectivity index (χ3v) is 27.7. The van der Waals surface area contributed by atoms with Gasteiger partial charge in [-0.25, -0.2) is 14.4 Å². The molecule has 0 aliphatic carbocycles. The number of Topliss-reactive ketones (excluding diaryl/α,β-unsaturated/α-hetero) is 1. The Bertz CT molecular complexity index is 3820. The molecule has 0 aromatic heterocycles. The van der Waals surface area contributed by atoms with Gasteiger partial charge in [-0.2, -0.15) is 0 Å². The van der Waals surface area contributed by atoms with Crippen LogP contribution in [0, 0.1) is 5.92 Å². The monoisotopic (exact) mass is 2100 g/mol. The SMILES string of the molecule is CCCCCCCCCCCCCCCC(=O)N[C@@H](CO[C@@H]1O[C@H](CO)[C@@H](O[C@@H]2O[C@H](CO)[C@H](O[C@@H]3O[C@H](CO)[C@H](O)[C@H](O[C@@H]4O[C@H](CO)[C@H](O)[C@H](O[C@]5(C(=O)O)C[C@H](O)[C@@H](NC(C)=O)C([C@H](O)[C@H](O)CO)O5)[C@H]4O)[C@H]3CC(C)=O)[C@H](O[C@]3(C(=O)O)C[C@H](O)[C@@H](NC(C)=O)C([C@H](O)[C@@H](CO)O[C@]4(C(=O)O)C[C@H](O)[C@@H](NC(C)=O)C([C@H](O)[C@H](O)CO)O4)O3)[C@H]2O)[C@H](O)[C@H]1O)[C@H](O)CCCCCCCCCCCCCCC. The van der Waals surface area contributed by atoms with Gasteiger partial charge in [0.15, 0.2) is 25.2 Å². The van der Waals surface area contributed by atoms with E-state index in [1.807, 2.05) is 0 Å². The summed E-state index contributed by atoms with van der Waals surface area (Å²) in [6.45, 7) is -2.00. The normalized spacial score (nSPS) is 35.8. The van der Waals surface area contributed by atoms with Gasteiger partial charge in [0.25, 0.3) is 17.4 Å². The smallest absolute Gasteiger partial charge is 0.364 e. The lowest BCUT2D eigenvalue weighted by Crippen LogP contribution is -2.72. The molecule has 7 heterocycles. The Hall–Kier alpha value is -5.48. The van der Waals surface area contributed by atoms with Crippen molar-refractivity contribution >= 4 is 47.3 Å². The maximum absolute atomic E-state index is 14.6. The van der Waals surface area contributed by atoms with Crippen molar-refractivity contribution in [2.75, 3.05) is 52.9 Å². The van der Waals surface area contributed by atoms with Crippen LogP contribution in [-0.2, 0) is 105 Å². The van der Waals surface area contributed by atoms with Crippen molar-refractivity contribution in [3.63, 3.8) is 0 Å². The second-order valence-electron chi connectivity index (χ2n) is 39.2. The van der Waals surface area contributed by atoms with Gasteiger partial charge in [-0.05, 0) is 19.8 Å². The molecule has 0 saturated carbocycles. The highest BCUT2D eigenvalue weighted by Gasteiger charge is 2.66. The molecule has 51 heteroatoms. The number of carbonyl (C=O) groups is 8. The minimum Gasteiger partial charge on any atom is -0.477 e. The first-order chi connectivity index (χ1) is 68.9. The van der Waals surface area contributed by atoms with Crippen LogP contribution in [0.1, 0.15) is 247 Å². The van der Waals surface area contributed by atoms with E-state index in [9.17, 15) is 166 Å². The average molecular weight is 2100 g/mol. The van der Waals surface area contributed by atoms with Gasteiger partial charge in [0.1, 0.15) is 146 Å². The van der Waals surface area contributed by atoms with Crippen molar-refractivity contribution in [1.82, 2.24) is 21.3 Å². The van der Waals surface area contributed by atoms with Crippen molar-refractivity contribution in [2.24, 2.45) is 5.92 Å². The van der Waals surface area contributed by atoms with E-state index in [1.54, 1.807) is 0 Å². The number of hydrogen-bond donors (Lipinski definition) is 29. The van der Waals surface area contributed by atoms with E-state index in [2.05, 4.69) is 35.1 Å². The topological polar surface area (TPSA) is 820 Å². The molecule has 3 unspecified atom stereocenters. The van der Waals surface area contributed by atoms with Crippen molar-refractivity contribution in [2.45, 2.75) is 485 Å². The maximum atomic E-state index is 14.6. The number of ether oxygens (including phenoxy) is 14. The summed E-state index contributed by atoms with van der Waals surface area (Å²) in [5, 5.41) is 296. The predicted octanol–water partition coefficient (Wildman–Crippen LogP) is -6.16. The van der Waals surface area contributed by atoms with Crippen LogP contribution in [0.3, 0.4) is 0 Å². The van der Waals surface area contributed by atoms with E-state index in [1.165, 1.54) is 77.0 Å². The number of aliphatic carboxylic acids is 3. The molecule has 40 atom stereocenters. The number of carboxylic acid groups (broad SMARTS) is 3. The third kappa shape index (κ3) is 35.3. The van der Waals surface area contributed by atoms with E-state index in [0.717, 1.165) is 105 Å². The lowest BCUT2D eigenvalue weighted by molar-refractivity contribution is -0.409. The van der Waals surface area contributed by atoms with Gasteiger partial charge in [-0.1, -0.05) is 174 Å². The van der Waals surface area contributed by atoms with Gasteiger partial charge in [-0.3, -0.25) is 19.2 Å². The Morgan fingerprint density at radius 2 is 0.717 bits per heavy atom. The Labute approximate surface area is 841 Å². The van der Waals surface area contributed by atoms with Crippen molar-refractivity contribution in [3.8, 4) is 0 Å². The van der Waals surface area contributed by atoms with E-state index >= 15 is 0 Å². The molecule has 145 heavy (non-hydrogen) atoms. The van der Waals surface area contributed by atoms with E-state index in [4.69, 9.17) is 66.3 Å². The first kappa shape index (κ1) is 126. The summed E-state index contributed by atoms with van der Waals surface area (Å²) in [6.07, 6.45) is -52.5. The van der Waals surface area contributed by atoms with Crippen LogP contribution in [0.15, 0.2) is 0 Å². The Balaban J connectivity index is 1.26. The highest BCUT2D eigenvalue weighted by Crippen LogP contribution is 2.46. The molecular weight excluding hydrogens is 1940 g/mol. The molecule has 29 N–H and O–H groups in total.